The minimum absolute atomic E-state index is 0.00964. The molecule has 29 heavy (non-hydrogen) atoms. The molecule has 1 N–H and O–H groups in total. The average Bonchev–Trinajstić information content (AvgIpc) is 3.32. The second-order valence-corrected chi connectivity index (χ2v) is 7.63. The van der Waals surface area contributed by atoms with Crippen molar-refractivity contribution in [2.45, 2.75) is 32.7 Å². The molecule has 0 radical (unpaired) electrons. The van der Waals surface area contributed by atoms with E-state index < -0.39 is 0 Å². The minimum atomic E-state index is -0.0862. The van der Waals surface area contributed by atoms with Crippen molar-refractivity contribution in [3.05, 3.63) is 82.8 Å². The van der Waals surface area contributed by atoms with Crippen LogP contribution in [0.2, 0.25) is 0 Å². The quantitative estimate of drug-likeness (QED) is 0.584. The Hall–Kier alpha value is -3.54. The van der Waals surface area contributed by atoms with Crippen LogP contribution in [0, 0.1) is 13.8 Å². The summed E-state index contributed by atoms with van der Waals surface area (Å²) in [7, 11) is 0. The van der Waals surface area contributed by atoms with E-state index >= 15 is 0 Å². The minimum Gasteiger partial charge on any atom is -0.345 e. The number of hydrogen-bond donors (Lipinski definition) is 1. The fourth-order valence-corrected chi connectivity index (χ4v) is 3.98. The number of rotatable bonds is 3. The smallest absolute Gasteiger partial charge is 0.255 e. The first-order valence-electron chi connectivity index (χ1n) is 9.77. The molecule has 0 unspecified atom stereocenters. The van der Waals surface area contributed by atoms with E-state index in [0.29, 0.717) is 5.56 Å². The first-order chi connectivity index (χ1) is 14.1. The Labute approximate surface area is 168 Å². The summed E-state index contributed by atoms with van der Waals surface area (Å²) in [5.74, 6) is -0.0862. The van der Waals surface area contributed by atoms with Gasteiger partial charge in [0.25, 0.3) is 5.91 Å². The third kappa shape index (κ3) is 3.16. The van der Waals surface area contributed by atoms with E-state index in [0.717, 1.165) is 40.9 Å². The molecule has 0 spiro atoms. The molecule has 0 fully saturated rings. The summed E-state index contributed by atoms with van der Waals surface area (Å²) in [6.07, 6.45) is 5.34. The maximum atomic E-state index is 12.9. The summed E-state index contributed by atoms with van der Waals surface area (Å²) < 4.78 is 1.74. The summed E-state index contributed by atoms with van der Waals surface area (Å²) in [5, 5.41) is 15.9. The topological polar surface area (TPSA) is 72.2 Å². The largest absolute Gasteiger partial charge is 0.345 e. The predicted octanol–water partition coefficient (Wildman–Crippen LogP) is 3.83. The second kappa shape index (κ2) is 6.81. The van der Waals surface area contributed by atoms with Gasteiger partial charge < -0.3 is 5.32 Å². The van der Waals surface area contributed by atoms with Crippen molar-refractivity contribution < 1.29 is 4.79 Å². The number of carbonyl (C=O) groups is 1. The third-order valence-electron chi connectivity index (χ3n) is 5.54. The van der Waals surface area contributed by atoms with E-state index in [1.54, 1.807) is 10.7 Å². The molecule has 1 amide bonds. The maximum Gasteiger partial charge on any atom is 0.255 e. The molecule has 1 aliphatic carbocycles. The number of aryl methyl sites for hydroxylation is 3. The van der Waals surface area contributed by atoms with E-state index in [9.17, 15) is 4.79 Å². The summed E-state index contributed by atoms with van der Waals surface area (Å²) in [6, 6.07) is 14.3. The summed E-state index contributed by atoms with van der Waals surface area (Å²) in [5.41, 5.74) is 7.79. The molecular weight excluding hydrogens is 362 g/mol. The zero-order chi connectivity index (χ0) is 20.0. The molecule has 0 aliphatic heterocycles. The van der Waals surface area contributed by atoms with Gasteiger partial charge in [-0.2, -0.15) is 15.3 Å². The number of hydrogen-bond acceptors (Lipinski definition) is 4. The number of fused-ring (bicyclic) bond motifs is 2. The molecule has 1 atom stereocenters. The molecule has 144 valence electrons. The molecule has 3 aromatic heterocycles. The first-order valence-corrected chi connectivity index (χ1v) is 9.77. The van der Waals surface area contributed by atoms with Gasteiger partial charge in [0, 0.05) is 11.8 Å². The number of nitrogens with one attached hydrogen (secondary N) is 1. The lowest BCUT2D eigenvalue weighted by Gasteiger charge is -2.14. The highest BCUT2D eigenvalue weighted by Gasteiger charge is 2.26. The van der Waals surface area contributed by atoms with Gasteiger partial charge in [-0.25, -0.2) is 4.52 Å². The molecule has 6 nitrogen and oxygen atoms in total. The van der Waals surface area contributed by atoms with E-state index in [2.05, 4.69) is 38.8 Å². The Morgan fingerprint density at radius 1 is 1.10 bits per heavy atom. The number of amides is 1. The highest BCUT2D eigenvalue weighted by atomic mass is 16.1. The molecule has 0 saturated heterocycles. The standard InChI is InChI=1S/C23H21N5O/c1-14-9-10-28-22(11-14)19(13-24-28)23(29)25-21-8-5-16-12-17(4-6-18(16)21)20-7-3-15(2)26-27-20/h3-4,6-7,9-13,21H,5,8H2,1-2H3,(H,25,29)/t21-/m1/s1. The number of benzene rings is 1. The number of carbonyl (C=O) groups excluding carboxylic acids is 1. The Morgan fingerprint density at radius 3 is 2.83 bits per heavy atom. The van der Waals surface area contributed by atoms with Gasteiger partial charge in [0.15, 0.2) is 0 Å². The van der Waals surface area contributed by atoms with Crippen molar-refractivity contribution in [3.63, 3.8) is 0 Å². The average molecular weight is 383 g/mol. The lowest BCUT2D eigenvalue weighted by molar-refractivity contribution is 0.0938. The van der Waals surface area contributed by atoms with Gasteiger partial charge in [0.05, 0.1) is 34.7 Å². The van der Waals surface area contributed by atoms with Crippen molar-refractivity contribution in [1.29, 1.82) is 0 Å². The van der Waals surface area contributed by atoms with Gasteiger partial charge in [-0.05, 0) is 73.7 Å². The second-order valence-electron chi connectivity index (χ2n) is 7.63. The van der Waals surface area contributed by atoms with Crippen LogP contribution in [-0.4, -0.2) is 25.7 Å². The van der Waals surface area contributed by atoms with E-state index in [4.69, 9.17) is 0 Å². The van der Waals surface area contributed by atoms with Crippen molar-refractivity contribution in [1.82, 2.24) is 25.1 Å². The van der Waals surface area contributed by atoms with Gasteiger partial charge in [-0.15, -0.1) is 0 Å². The van der Waals surface area contributed by atoms with Crippen LogP contribution < -0.4 is 5.32 Å². The Kier molecular flexibility index (Phi) is 4.12. The van der Waals surface area contributed by atoms with Crippen molar-refractivity contribution in [2.24, 2.45) is 0 Å². The van der Waals surface area contributed by atoms with Crippen molar-refractivity contribution in [3.8, 4) is 11.3 Å². The Morgan fingerprint density at radius 2 is 2.00 bits per heavy atom. The van der Waals surface area contributed by atoms with E-state index in [1.807, 2.05) is 44.3 Å². The maximum absolute atomic E-state index is 12.9. The normalized spacial score (nSPS) is 15.4. The van der Waals surface area contributed by atoms with Gasteiger partial charge in [0.2, 0.25) is 0 Å². The lowest BCUT2D eigenvalue weighted by Crippen LogP contribution is -2.27. The summed E-state index contributed by atoms with van der Waals surface area (Å²) in [4.78, 5) is 12.9. The molecule has 1 aromatic carbocycles. The first kappa shape index (κ1) is 17.6. The fourth-order valence-electron chi connectivity index (χ4n) is 3.98. The summed E-state index contributed by atoms with van der Waals surface area (Å²) in [6.45, 7) is 3.94. The molecule has 5 rings (SSSR count). The molecular formula is C23H21N5O. The van der Waals surface area contributed by atoms with Crippen LogP contribution in [-0.2, 0) is 6.42 Å². The van der Waals surface area contributed by atoms with Crippen LogP contribution in [0.15, 0.2) is 54.9 Å². The highest BCUT2D eigenvalue weighted by molar-refractivity contribution is 6.00. The van der Waals surface area contributed by atoms with Gasteiger partial charge in [0.1, 0.15) is 0 Å². The van der Waals surface area contributed by atoms with Crippen LogP contribution in [0.25, 0.3) is 16.8 Å². The van der Waals surface area contributed by atoms with Crippen LogP contribution in [0.5, 0.6) is 0 Å². The molecule has 1 aliphatic rings. The zero-order valence-electron chi connectivity index (χ0n) is 16.4. The van der Waals surface area contributed by atoms with Gasteiger partial charge >= 0.3 is 0 Å². The van der Waals surface area contributed by atoms with Crippen LogP contribution in [0.1, 0.15) is 45.2 Å². The number of aromatic nitrogens is 4. The number of pyridine rings is 1. The van der Waals surface area contributed by atoms with Crippen LogP contribution in [0.4, 0.5) is 0 Å². The summed E-state index contributed by atoms with van der Waals surface area (Å²) >= 11 is 0. The highest BCUT2D eigenvalue weighted by Crippen LogP contribution is 2.34. The third-order valence-corrected chi connectivity index (χ3v) is 5.54. The molecule has 0 bridgehead atoms. The molecule has 6 heteroatoms. The molecule has 3 heterocycles. The Bertz CT molecular complexity index is 1230. The van der Waals surface area contributed by atoms with Gasteiger partial charge in [-0.1, -0.05) is 12.1 Å². The fraction of sp³-hybridized carbons (Fsp3) is 0.217. The zero-order valence-corrected chi connectivity index (χ0v) is 16.4. The van der Waals surface area contributed by atoms with Crippen LogP contribution in [0.3, 0.4) is 0 Å². The van der Waals surface area contributed by atoms with Crippen molar-refractivity contribution >= 4 is 11.4 Å². The van der Waals surface area contributed by atoms with Gasteiger partial charge in [-0.3, -0.25) is 4.79 Å². The number of nitrogens with zero attached hydrogens (tertiary/aromatic N) is 4. The van der Waals surface area contributed by atoms with Crippen LogP contribution >= 0.6 is 0 Å². The molecule has 0 saturated carbocycles. The monoisotopic (exact) mass is 383 g/mol. The lowest BCUT2D eigenvalue weighted by atomic mass is 10.0. The Balaban J connectivity index is 1.39. The molecule has 4 aromatic rings. The van der Waals surface area contributed by atoms with Crippen molar-refractivity contribution in [2.75, 3.05) is 0 Å². The SMILES string of the molecule is Cc1ccn2ncc(C(=O)N[C@@H]3CCc4cc(-c5ccc(C)nn5)ccc43)c2c1. The van der Waals surface area contributed by atoms with E-state index in [1.165, 1.54) is 11.1 Å². The van der Waals surface area contributed by atoms with E-state index in [-0.39, 0.29) is 11.9 Å². The predicted molar refractivity (Wildman–Crippen MR) is 111 cm³/mol.